The highest BCUT2D eigenvalue weighted by Gasteiger charge is 2.40. The first-order valence-corrected chi connectivity index (χ1v) is 6.91. The molecule has 0 radical (unpaired) electrons. The number of hydrogen-bond donors (Lipinski definition) is 1. The molecule has 3 heteroatoms. The Morgan fingerprint density at radius 1 is 1.47 bits per heavy atom. The first-order valence-electron chi connectivity index (χ1n) is 6.91. The molecule has 2 aliphatic rings. The predicted octanol–water partition coefficient (Wildman–Crippen LogP) is 2.51. The Bertz CT molecular complexity index is 385. The highest BCUT2D eigenvalue weighted by atomic mass is 15.0. The summed E-state index contributed by atoms with van der Waals surface area (Å²) >= 11 is 0. The van der Waals surface area contributed by atoms with E-state index in [-0.39, 0.29) is 0 Å². The van der Waals surface area contributed by atoms with Gasteiger partial charge >= 0.3 is 0 Å². The third kappa shape index (κ3) is 2.13. The van der Waals surface area contributed by atoms with E-state index in [0.29, 0.717) is 6.04 Å². The zero-order valence-corrected chi connectivity index (χ0v) is 10.9. The fourth-order valence-corrected chi connectivity index (χ4v) is 3.97. The molecule has 2 aliphatic carbocycles. The van der Waals surface area contributed by atoms with Crippen molar-refractivity contribution in [2.45, 2.75) is 38.1 Å². The molecule has 1 heterocycles. The molecule has 3 nitrogen and oxygen atoms in total. The van der Waals surface area contributed by atoms with Crippen molar-refractivity contribution in [3.8, 4) is 0 Å². The Labute approximate surface area is 104 Å². The number of rotatable bonds is 4. The number of hydrogen-bond acceptors (Lipinski definition) is 2. The minimum Gasteiger partial charge on any atom is -0.340 e. The van der Waals surface area contributed by atoms with E-state index in [0.717, 1.165) is 17.8 Å². The number of nitrogens with one attached hydrogen (secondary N) is 1. The Hall–Kier alpha value is -0.830. The highest BCUT2D eigenvalue weighted by Crippen LogP contribution is 2.50. The van der Waals surface area contributed by atoms with Gasteiger partial charge in [-0.1, -0.05) is 6.42 Å². The van der Waals surface area contributed by atoms with Crippen LogP contribution in [0.25, 0.3) is 0 Å². The van der Waals surface area contributed by atoms with E-state index in [2.05, 4.69) is 23.5 Å². The van der Waals surface area contributed by atoms with Gasteiger partial charge in [-0.25, -0.2) is 4.98 Å². The molecule has 2 fully saturated rings. The van der Waals surface area contributed by atoms with Crippen molar-refractivity contribution in [1.29, 1.82) is 0 Å². The average molecular weight is 233 g/mol. The van der Waals surface area contributed by atoms with Gasteiger partial charge in [-0.05, 0) is 50.5 Å². The molecule has 1 aromatic rings. The van der Waals surface area contributed by atoms with E-state index in [9.17, 15) is 0 Å². The zero-order chi connectivity index (χ0) is 11.8. The second-order valence-corrected chi connectivity index (χ2v) is 5.98. The van der Waals surface area contributed by atoms with Gasteiger partial charge in [-0.2, -0.15) is 0 Å². The maximum absolute atomic E-state index is 4.49. The summed E-state index contributed by atoms with van der Waals surface area (Å²) in [5.74, 6) is 3.00. The monoisotopic (exact) mass is 233 g/mol. The molecular weight excluding hydrogens is 210 g/mol. The van der Waals surface area contributed by atoms with Crippen LogP contribution in [0.4, 0.5) is 0 Å². The summed E-state index contributed by atoms with van der Waals surface area (Å²) in [7, 11) is 4.10. The summed E-state index contributed by atoms with van der Waals surface area (Å²) in [4.78, 5) is 4.49. The van der Waals surface area contributed by atoms with Gasteiger partial charge in [-0.3, -0.25) is 0 Å². The topological polar surface area (TPSA) is 29.9 Å². The van der Waals surface area contributed by atoms with Crippen molar-refractivity contribution >= 4 is 0 Å². The SMILES string of the molecule is CNC(CC1CC2CCC1C2)c1cn(C)cn1. The lowest BCUT2D eigenvalue weighted by Gasteiger charge is -2.25. The molecule has 0 saturated heterocycles. The van der Waals surface area contributed by atoms with Gasteiger partial charge in [0.1, 0.15) is 0 Å². The highest BCUT2D eigenvalue weighted by molar-refractivity contribution is 5.05. The minimum atomic E-state index is 0.445. The van der Waals surface area contributed by atoms with E-state index in [4.69, 9.17) is 0 Å². The standard InChI is InChI=1S/C14H23N3/c1-15-13(14-8-17(2)9-16-14)7-12-6-10-3-4-11(12)5-10/h8-13,15H,3-7H2,1-2H3. The molecule has 0 aliphatic heterocycles. The normalized spacial score (nSPS) is 33.2. The van der Waals surface area contributed by atoms with Crippen molar-refractivity contribution in [2.75, 3.05) is 7.05 Å². The Balaban J connectivity index is 1.66. The lowest BCUT2D eigenvalue weighted by molar-refractivity contribution is 0.282. The van der Waals surface area contributed by atoms with Crippen molar-refractivity contribution in [2.24, 2.45) is 24.8 Å². The second-order valence-electron chi connectivity index (χ2n) is 5.98. The molecule has 4 unspecified atom stereocenters. The fourth-order valence-electron chi connectivity index (χ4n) is 3.97. The van der Waals surface area contributed by atoms with Crippen LogP contribution in [0, 0.1) is 17.8 Å². The van der Waals surface area contributed by atoms with Gasteiger partial charge < -0.3 is 9.88 Å². The quantitative estimate of drug-likeness (QED) is 0.866. The Morgan fingerprint density at radius 2 is 2.35 bits per heavy atom. The van der Waals surface area contributed by atoms with E-state index >= 15 is 0 Å². The van der Waals surface area contributed by atoms with Gasteiger partial charge in [0.25, 0.3) is 0 Å². The number of fused-ring (bicyclic) bond motifs is 2. The van der Waals surface area contributed by atoms with Crippen molar-refractivity contribution in [3.63, 3.8) is 0 Å². The van der Waals surface area contributed by atoms with Gasteiger partial charge in [0, 0.05) is 13.2 Å². The maximum Gasteiger partial charge on any atom is 0.0947 e. The fraction of sp³-hybridized carbons (Fsp3) is 0.786. The van der Waals surface area contributed by atoms with Crippen LogP contribution >= 0.6 is 0 Å². The number of imidazole rings is 1. The molecule has 17 heavy (non-hydrogen) atoms. The van der Waals surface area contributed by atoms with Crippen LogP contribution in [0.3, 0.4) is 0 Å². The first kappa shape index (κ1) is 11.3. The van der Waals surface area contributed by atoms with Crippen LogP contribution in [0.2, 0.25) is 0 Å². The van der Waals surface area contributed by atoms with Crippen LogP contribution in [0.1, 0.15) is 43.8 Å². The molecule has 0 amide bonds. The third-order valence-corrected chi connectivity index (χ3v) is 4.85. The van der Waals surface area contributed by atoms with E-state index in [1.807, 2.05) is 17.9 Å². The van der Waals surface area contributed by atoms with Crippen molar-refractivity contribution in [1.82, 2.24) is 14.9 Å². The van der Waals surface area contributed by atoms with Gasteiger partial charge in [0.2, 0.25) is 0 Å². The van der Waals surface area contributed by atoms with Gasteiger partial charge in [0.15, 0.2) is 0 Å². The number of aryl methyl sites for hydroxylation is 1. The maximum atomic E-state index is 4.49. The average Bonchev–Trinajstić information content (AvgIpc) is 3.01. The molecule has 94 valence electrons. The Kier molecular flexibility index (Phi) is 2.95. The smallest absolute Gasteiger partial charge is 0.0947 e. The summed E-state index contributed by atoms with van der Waals surface area (Å²) < 4.78 is 2.04. The molecule has 0 aromatic carbocycles. The van der Waals surface area contributed by atoms with E-state index < -0.39 is 0 Å². The van der Waals surface area contributed by atoms with Crippen LogP contribution in [-0.2, 0) is 7.05 Å². The lowest BCUT2D eigenvalue weighted by Crippen LogP contribution is -2.23. The number of aromatic nitrogens is 2. The van der Waals surface area contributed by atoms with Crippen molar-refractivity contribution < 1.29 is 0 Å². The molecule has 1 aromatic heterocycles. The van der Waals surface area contributed by atoms with E-state index in [1.165, 1.54) is 37.8 Å². The summed E-state index contributed by atoms with van der Waals surface area (Å²) in [6, 6.07) is 0.445. The molecule has 0 spiro atoms. The zero-order valence-electron chi connectivity index (χ0n) is 10.9. The third-order valence-electron chi connectivity index (χ3n) is 4.85. The van der Waals surface area contributed by atoms with Crippen LogP contribution in [-0.4, -0.2) is 16.6 Å². The molecule has 3 rings (SSSR count). The van der Waals surface area contributed by atoms with Crippen molar-refractivity contribution in [3.05, 3.63) is 18.2 Å². The predicted molar refractivity (Wildman–Crippen MR) is 68.6 cm³/mol. The Morgan fingerprint density at radius 3 is 2.88 bits per heavy atom. The summed E-state index contributed by atoms with van der Waals surface area (Å²) in [6.45, 7) is 0. The summed E-state index contributed by atoms with van der Waals surface area (Å²) in [5.41, 5.74) is 1.21. The summed E-state index contributed by atoms with van der Waals surface area (Å²) in [5, 5.41) is 3.44. The largest absolute Gasteiger partial charge is 0.340 e. The lowest BCUT2D eigenvalue weighted by atomic mass is 9.84. The van der Waals surface area contributed by atoms with Gasteiger partial charge in [0.05, 0.1) is 18.1 Å². The minimum absolute atomic E-state index is 0.445. The second kappa shape index (κ2) is 4.45. The van der Waals surface area contributed by atoms with Crippen LogP contribution in [0.15, 0.2) is 12.5 Å². The number of nitrogens with zero attached hydrogens (tertiary/aromatic N) is 2. The molecule has 1 N–H and O–H groups in total. The van der Waals surface area contributed by atoms with Gasteiger partial charge in [-0.15, -0.1) is 0 Å². The molecular formula is C14H23N3. The first-order chi connectivity index (χ1) is 8.26. The van der Waals surface area contributed by atoms with Crippen LogP contribution in [0.5, 0.6) is 0 Å². The summed E-state index contributed by atoms with van der Waals surface area (Å²) in [6.07, 6.45) is 11.3. The molecule has 2 bridgehead atoms. The molecule has 4 atom stereocenters. The van der Waals surface area contributed by atoms with Crippen LogP contribution < -0.4 is 5.32 Å². The molecule has 2 saturated carbocycles. The van der Waals surface area contributed by atoms with E-state index in [1.54, 1.807) is 0 Å².